The van der Waals surface area contributed by atoms with Gasteiger partial charge in [-0.3, -0.25) is 9.59 Å². The summed E-state index contributed by atoms with van der Waals surface area (Å²) < 4.78 is 5.98. The number of carbonyl (C=O) groups excluding carboxylic acids is 1. The SMILES string of the molecule is COc1ccc(NC(=O)C(C)n2c(=O)[nH]c3ccccc3c2=O)cc1. The summed E-state index contributed by atoms with van der Waals surface area (Å²) in [6, 6.07) is 12.5. The Morgan fingerprint density at radius 3 is 2.48 bits per heavy atom. The maximum Gasteiger partial charge on any atom is 0.329 e. The van der Waals surface area contributed by atoms with Crippen LogP contribution in [0, 0.1) is 0 Å². The summed E-state index contributed by atoms with van der Waals surface area (Å²) in [6.07, 6.45) is 0. The van der Waals surface area contributed by atoms with Crippen LogP contribution in [0.3, 0.4) is 0 Å². The van der Waals surface area contributed by atoms with Gasteiger partial charge in [-0.05, 0) is 43.3 Å². The number of fused-ring (bicyclic) bond motifs is 1. The second-order valence-corrected chi connectivity index (χ2v) is 5.54. The number of nitrogens with zero attached hydrogens (tertiary/aromatic N) is 1. The number of rotatable bonds is 4. The number of aromatic nitrogens is 2. The first kappa shape index (κ1) is 16.5. The van der Waals surface area contributed by atoms with E-state index in [1.54, 1.807) is 55.6 Å². The third-order valence-electron chi connectivity index (χ3n) is 3.96. The summed E-state index contributed by atoms with van der Waals surface area (Å²) in [5.41, 5.74) is -0.141. The molecule has 0 saturated heterocycles. The fraction of sp³-hybridized carbons (Fsp3) is 0.167. The molecule has 1 heterocycles. The zero-order chi connectivity index (χ0) is 18.0. The molecule has 25 heavy (non-hydrogen) atoms. The highest BCUT2D eigenvalue weighted by Gasteiger charge is 2.20. The Balaban J connectivity index is 1.93. The largest absolute Gasteiger partial charge is 0.497 e. The van der Waals surface area contributed by atoms with Crippen LogP contribution < -0.4 is 21.3 Å². The average Bonchev–Trinajstić information content (AvgIpc) is 2.62. The molecular weight excluding hydrogens is 322 g/mol. The van der Waals surface area contributed by atoms with Crippen molar-refractivity contribution in [3.05, 3.63) is 69.4 Å². The predicted octanol–water partition coefficient (Wildman–Crippen LogP) is 1.90. The fourth-order valence-corrected chi connectivity index (χ4v) is 2.57. The van der Waals surface area contributed by atoms with Gasteiger partial charge >= 0.3 is 5.69 Å². The Kier molecular flexibility index (Phi) is 4.38. The zero-order valence-electron chi connectivity index (χ0n) is 13.8. The first-order chi connectivity index (χ1) is 12.0. The topological polar surface area (TPSA) is 93.2 Å². The third kappa shape index (κ3) is 3.16. The van der Waals surface area contributed by atoms with Gasteiger partial charge in [-0.1, -0.05) is 12.1 Å². The highest BCUT2D eigenvalue weighted by atomic mass is 16.5. The number of nitrogens with one attached hydrogen (secondary N) is 2. The molecule has 0 spiro atoms. The van der Waals surface area contributed by atoms with Crippen molar-refractivity contribution >= 4 is 22.5 Å². The summed E-state index contributed by atoms with van der Waals surface area (Å²) in [4.78, 5) is 39.9. The molecule has 1 atom stereocenters. The second kappa shape index (κ2) is 6.64. The van der Waals surface area contributed by atoms with Crippen molar-refractivity contribution in [3.63, 3.8) is 0 Å². The molecule has 0 bridgehead atoms. The molecule has 0 radical (unpaired) electrons. The molecule has 0 fully saturated rings. The lowest BCUT2D eigenvalue weighted by Gasteiger charge is -2.15. The van der Waals surface area contributed by atoms with E-state index in [1.807, 2.05) is 0 Å². The molecule has 7 nitrogen and oxygen atoms in total. The molecular formula is C18H17N3O4. The summed E-state index contributed by atoms with van der Waals surface area (Å²) in [6.45, 7) is 1.50. The number of benzene rings is 2. The Morgan fingerprint density at radius 2 is 1.80 bits per heavy atom. The molecule has 3 aromatic rings. The van der Waals surface area contributed by atoms with Crippen molar-refractivity contribution in [1.82, 2.24) is 9.55 Å². The average molecular weight is 339 g/mol. The van der Waals surface area contributed by atoms with Crippen LogP contribution in [0.25, 0.3) is 10.9 Å². The molecule has 1 amide bonds. The van der Waals surface area contributed by atoms with Crippen molar-refractivity contribution in [3.8, 4) is 5.75 Å². The summed E-state index contributed by atoms with van der Waals surface area (Å²) in [5.74, 6) is 0.196. The maximum absolute atomic E-state index is 12.6. The van der Waals surface area contributed by atoms with E-state index >= 15 is 0 Å². The lowest BCUT2D eigenvalue weighted by Crippen LogP contribution is -2.41. The van der Waals surface area contributed by atoms with Crippen LogP contribution in [0.15, 0.2) is 58.1 Å². The Bertz CT molecular complexity index is 1030. The van der Waals surface area contributed by atoms with Gasteiger partial charge in [-0.15, -0.1) is 0 Å². The highest BCUT2D eigenvalue weighted by molar-refractivity contribution is 5.93. The van der Waals surface area contributed by atoms with Crippen LogP contribution in [0.2, 0.25) is 0 Å². The van der Waals surface area contributed by atoms with Crippen LogP contribution in [-0.4, -0.2) is 22.6 Å². The van der Waals surface area contributed by atoms with E-state index < -0.39 is 23.2 Å². The minimum Gasteiger partial charge on any atom is -0.497 e. The molecule has 0 aliphatic heterocycles. The summed E-state index contributed by atoms with van der Waals surface area (Å²) >= 11 is 0. The number of hydrogen-bond acceptors (Lipinski definition) is 4. The molecule has 1 aromatic heterocycles. The van der Waals surface area contributed by atoms with E-state index in [0.717, 1.165) is 4.57 Å². The molecule has 1 unspecified atom stereocenters. The third-order valence-corrected chi connectivity index (χ3v) is 3.96. The number of H-pyrrole nitrogens is 1. The standard InChI is InChI=1S/C18H17N3O4/c1-11(16(22)19-12-7-9-13(25-2)10-8-12)21-17(23)14-5-3-4-6-15(14)20-18(21)24/h3-11H,1-2H3,(H,19,22)(H,20,24). The van der Waals surface area contributed by atoms with Crippen molar-refractivity contribution < 1.29 is 9.53 Å². The zero-order valence-corrected chi connectivity index (χ0v) is 13.8. The van der Waals surface area contributed by atoms with Gasteiger partial charge in [0.15, 0.2) is 0 Å². The lowest BCUT2D eigenvalue weighted by atomic mass is 10.2. The quantitative estimate of drug-likeness (QED) is 0.759. The van der Waals surface area contributed by atoms with Gasteiger partial charge in [-0.2, -0.15) is 0 Å². The van der Waals surface area contributed by atoms with Gasteiger partial charge in [0.1, 0.15) is 11.8 Å². The van der Waals surface area contributed by atoms with Crippen molar-refractivity contribution in [2.24, 2.45) is 0 Å². The van der Waals surface area contributed by atoms with Gasteiger partial charge in [-0.25, -0.2) is 9.36 Å². The molecule has 7 heteroatoms. The first-order valence-electron chi connectivity index (χ1n) is 7.69. The van der Waals surface area contributed by atoms with E-state index in [0.29, 0.717) is 22.3 Å². The lowest BCUT2D eigenvalue weighted by molar-refractivity contribution is -0.119. The van der Waals surface area contributed by atoms with Crippen LogP contribution in [-0.2, 0) is 4.79 Å². The number of methoxy groups -OCH3 is 1. The van der Waals surface area contributed by atoms with Crippen LogP contribution >= 0.6 is 0 Å². The number of para-hydroxylation sites is 1. The van der Waals surface area contributed by atoms with Crippen molar-refractivity contribution in [2.75, 3.05) is 12.4 Å². The predicted molar refractivity (Wildman–Crippen MR) is 95.2 cm³/mol. The minimum atomic E-state index is -0.969. The number of ether oxygens (including phenoxy) is 1. The Labute approximate surface area is 142 Å². The van der Waals surface area contributed by atoms with Gasteiger partial charge < -0.3 is 15.0 Å². The molecule has 0 aliphatic rings. The number of amides is 1. The van der Waals surface area contributed by atoms with Gasteiger partial charge in [0.25, 0.3) is 5.56 Å². The van der Waals surface area contributed by atoms with E-state index in [-0.39, 0.29) is 0 Å². The molecule has 0 saturated carbocycles. The molecule has 2 aromatic carbocycles. The van der Waals surface area contributed by atoms with Gasteiger partial charge in [0, 0.05) is 5.69 Å². The maximum atomic E-state index is 12.6. The van der Waals surface area contributed by atoms with Crippen molar-refractivity contribution in [1.29, 1.82) is 0 Å². The highest BCUT2D eigenvalue weighted by Crippen LogP contribution is 2.16. The molecule has 2 N–H and O–H groups in total. The van der Waals surface area contributed by atoms with Crippen LogP contribution in [0.5, 0.6) is 5.75 Å². The molecule has 0 aliphatic carbocycles. The molecule has 3 rings (SSSR count). The Hall–Kier alpha value is -3.35. The van der Waals surface area contributed by atoms with E-state index in [2.05, 4.69) is 10.3 Å². The first-order valence-corrected chi connectivity index (χ1v) is 7.69. The van der Waals surface area contributed by atoms with Crippen LogP contribution in [0.1, 0.15) is 13.0 Å². The number of hydrogen-bond donors (Lipinski definition) is 2. The number of anilines is 1. The minimum absolute atomic E-state index is 0.353. The number of carbonyl (C=O) groups is 1. The Morgan fingerprint density at radius 1 is 1.12 bits per heavy atom. The van der Waals surface area contributed by atoms with E-state index in [9.17, 15) is 14.4 Å². The second-order valence-electron chi connectivity index (χ2n) is 5.54. The summed E-state index contributed by atoms with van der Waals surface area (Å²) in [7, 11) is 1.55. The van der Waals surface area contributed by atoms with Gasteiger partial charge in [0.05, 0.1) is 18.0 Å². The van der Waals surface area contributed by atoms with E-state index in [4.69, 9.17) is 4.74 Å². The van der Waals surface area contributed by atoms with Gasteiger partial charge in [0.2, 0.25) is 5.91 Å². The smallest absolute Gasteiger partial charge is 0.329 e. The molecule has 128 valence electrons. The van der Waals surface area contributed by atoms with Crippen LogP contribution in [0.4, 0.5) is 5.69 Å². The summed E-state index contributed by atoms with van der Waals surface area (Å²) in [5, 5.41) is 3.04. The monoisotopic (exact) mass is 339 g/mol. The normalized spacial score (nSPS) is 11.9. The fourth-order valence-electron chi connectivity index (χ4n) is 2.57. The van der Waals surface area contributed by atoms with E-state index in [1.165, 1.54) is 6.92 Å². The van der Waals surface area contributed by atoms with Crippen molar-refractivity contribution in [2.45, 2.75) is 13.0 Å². The number of aromatic amines is 1.